The van der Waals surface area contributed by atoms with E-state index in [1.54, 1.807) is 24.3 Å². The van der Waals surface area contributed by atoms with Gasteiger partial charge in [-0.2, -0.15) is 0 Å². The van der Waals surface area contributed by atoms with Gasteiger partial charge in [0.2, 0.25) is 0 Å². The number of fused-ring (bicyclic) bond motifs is 2. The minimum absolute atomic E-state index is 0. The van der Waals surface area contributed by atoms with E-state index < -0.39 is 0 Å². The van der Waals surface area contributed by atoms with E-state index >= 15 is 0 Å². The molecular weight excluding hydrogens is 309 g/mol. The number of rotatable bonds is 2. The van der Waals surface area contributed by atoms with Gasteiger partial charge in [-0.15, -0.1) is 0 Å². The van der Waals surface area contributed by atoms with Gasteiger partial charge in [0, 0.05) is 28.8 Å². The molecule has 0 aliphatic carbocycles. The molecule has 2 unspecified atom stereocenters. The van der Waals surface area contributed by atoms with Crippen LogP contribution in [-0.2, 0) is 0 Å². The third kappa shape index (κ3) is 3.82. The number of piperidine rings is 1. The third-order valence-corrected chi connectivity index (χ3v) is 4.79. The van der Waals surface area contributed by atoms with Crippen molar-refractivity contribution < 1.29 is 17.2 Å². The minimum atomic E-state index is -0.124. The Bertz CT molecular complexity index is 480. The number of anilines is 1. The number of nitrogens with one attached hydrogen (secondary N) is 2. The predicted octanol–water partition coefficient (Wildman–Crippen LogP) is 0.0907. The van der Waals surface area contributed by atoms with Crippen molar-refractivity contribution in [3.63, 3.8) is 0 Å². The number of halogens is 2. The molecule has 6 heteroatoms. The van der Waals surface area contributed by atoms with Gasteiger partial charge < -0.3 is 27.9 Å². The number of carbonyl (C=O) groups is 1. The van der Waals surface area contributed by atoms with E-state index in [1.165, 1.54) is 12.8 Å². The summed E-state index contributed by atoms with van der Waals surface area (Å²) >= 11 is 5.82. The highest BCUT2D eigenvalue weighted by molar-refractivity contribution is 6.30. The zero-order valence-corrected chi connectivity index (χ0v) is 13.5. The summed E-state index contributed by atoms with van der Waals surface area (Å²) in [6.45, 7) is 0. The predicted molar refractivity (Wildman–Crippen MR) is 81.2 cm³/mol. The molecule has 1 aromatic carbocycles. The summed E-state index contributed by atoms with van der Waals surface area (Å²) in [5.41, 5.74) is 0.766. The molecule has 3 rings (SSSR count). The topological polar surface area (TPSA) is 44.4 Å². The maximum atomic E-state index is 12.0. The molecule has 2 saturated heterocycles. The molecule has 1 aromatic rings. The number of nitrogens with zero attached hydrogens (tertiary/aromatic N) is 1. The van der Waals surface area contributed by atoms with Crippen molar-refractivity contribution in [2.24, 2.45) is 0 Å². The van der Waals surface area contributed by atoms with Crippen molar-refractivity contribution in [1.29, 1.82) is 0 Å². The summed E-state index contributed by atoms with van der Waals surface area (Å²) in [5, 5.41) is 6.62. The first kappa shape index (κ1) is 16.4. The standard InChI is InChI=1S/C15H20ClN3O.ClH/c1-19-13-6-7-14(19)9-12(8-13)18-15(20)17-11-4-2-10(16)3-5-11;/h2-5,12-14H,6-9H2,1H3,(H2,17,18,20);1H/p-1. The van der Waals surface area contributed by atoms with Crippen LogP contribution < -0.4 is 23.0 Å². The highest BCUT2D eigenvalue weighted by Crippen LogP contribution is 2.34. The van der Waals surface area contributed by atoms with Gasteiger partial charge in [0.25, 0.3) is 0 Å². The Labute approximate surface area is 136 Å². The quantitative estimate of drug-likeness (QED) is 0.808. The summed E-state index contributed by atoms with van der Waals surface area (Å²) in [5.74, 6) is 0. The molecule has 0 spiro atoms. The Hall–Kier alpha value is -0.970. The number of urea groups is 1. The Kier molecular flexibility index (Phi) is 5.36. The summed E-state index contributed by atoms with van der Waals surface area (Å²) < 4.78 is 0. The van der Waals surface area contributed by atoms with Crippen molar-refractivity contribution in [1.82, 2.24) is 10.2 Å². The van der Waals surface area contributed by atoms with E-state index in [-0.39, 0.29) is 24.5 Å². The lowest BCUT2D eigenvalue weighted by molar-refractivity contribution is -0.00000788. The maximum Gasteiger partial charge on any atom is 0.319 e. The number of hydrogen-bond acceptors (Lipinski definition) is 2. The second kappa shape index (κ2) is 6.86. The lowest BCUT2D eigenvalue weighted by Gasteiger charge is -2.36. The Morgan fingerprint density at radius 3 is 2.33 bits per heavy atom. The van der Waals surface area contributed by atoms with Crippen LogP contribution in [0.25, 0.3) is 0 Å². The second-order valence-electron chi connectivity index (χ2n) is 5.82. The average molecular weight is 329 g/mol. The van der Waals surface area contributed by atoms with E-state index in [2.05, 4.69) is 22.6 Å². The molecule has 2 N–H and O–H groups in total. The van der Waals surface area contributed by atoms with E-state index in [0.29, 0.717) is 17.1 Å². The van der Waals surface area contributed by atoms with Crippen LogP contribution in [0.1, 0.15) is 25.7 Å². The van der Waals surface area contributed by atoms with Crippen molar-refractivity contribution in [3.05, 3.63) is 29.3 Å². The van der Waals surface area contributed by atoms with Crippen LogP contribution in [0.3, 0.4) is 0 Å². The van der Waals surface area contributed by atoms with E-state index in [0.717, 1.165) is 18.5 Å². The van der Waals surface area contributed by atoms with Gasteiger partial charge in [-0.25, -0.2) is 4.79 Å². The lowest BCUT2D eigenvalue weighted by Crippen LogP contribution is -3.00. The van der Waals surface area contributed by atoms with Crippen molar-refractivity contribution >= 4 is 23.3 Å². The average Bonchev–Trinajstić information content (AvgIpc) is 2.64. The molecule has 2 atom stereocenters. The summed E-state index contributed by atoms with van der Waals surface area (Å²) in [4.78, 5) is 14.5. The zero-order chi connectivity index (χ0) is 14.1. The first-order chi connectivity index (χ1) is 9.61. The maximum absolute atomic E-state index is 12.0. The summed E-state index contributed by atoms with van der Waals surface area (Å²) in [7, 11) is 2.20. The molecule has 2 heterocycles. The van der Waals surface area contributed by atoms with Gasteiger partial charge in [-0.05, 0) is 57.0 Å². The molecule has 0 aromatic heterocycles. The van der Waals surface area contributed by atoms with Crippen LogP contribution in [0.15, 0.2) is 24.3 Å². The van der Waals surface area contributed by atoms with E-state index in [1.807, 2.05) is 0 Å². The van der Waals surface area contributed by atoms with E-state index in [4.69, 9.17) is 11.6 Å². The Morgan fingerprint density at radius 2 is 1.76 bits per heavy atom. The first-order valence-electron chi connectivity index (χ1n) is 7.17. The van der Waals surface area contributed by atoms with Gasteiger partial charge in [0.1, 0.15) is 0 Å². The normalized spacial score (nSPS) is 27.8. The fourth-order valence-corrected chi connectivity index (χ4v) is 3.54. The number of hydrogen-bond donors (Lipinski definition) is 2. The molecule has 21 heavy (non-hydrogen) atoms. The number of amides is 2. The third-order valence-electron chi connectivity index (χ3n) is 4.54. The fraction of sp³-hybridized carbons (Fsp3) is 0.533. The Balaban J connectivity index is 0.00000161. The molecular formula is C15H20Cl2N3O-. The van der Waals surface area contributed by atoms with Crippen LogP contribution >= 0.6 is 11.6 Å². The summed E-state index contributed by atoms with van der Waals surface area (Å²) in [6.07, 6.45) is 4.64. The van der Waals surface area contributed by atoms with Crippen molar-refractivity contribution in [2.75, 3.05) is 12.4 Å². The smallest absolute Gasteiger partial charge is 0.319 e. The van der Waals surface area contributed by atoms with Gasteiger partial charge in [-0.1, -0.05) is 11.6 Å². The molecule has 2 aliphatic heterocycles. The van der Waals surface area contributed by atoms with Crippen LogP contribution in [0.2, 0.25) is 5.02 Å². The molecule has 0 saturated carbocycles. The lowest BCUT2D eigenvalue weighted by atomic mass is 9.98. The largest absolute Gasteiger partial charge is 1.00 e. The number of carbonyl (C=O) groups excluding carboxylic acids is 1. The van der Waals surface area contributed by atoms with Gasteiger partial charge in [-0.3, -0.25) is 0 Å². The monoisotopic (exact) mass is 328 g/mol. The number of benzene rings is 1. The van der Waals surface area contributed by atoms with E-state index in [9.17, 15) is 4.79 Å². The second-order valence-corrected chi connectivity index (χ2v) is 6.26. The minimum Gasteiger partial charge on any atom is -1.00 e. The SMILES string of the molecule is CN1C2CCC1CC(NC(=O)Nc1ccc(Cl)cc1)C2.[Cl-]. The van der Waals surface area contributed by atoms with Crippen LogP contribution in [0.4, 0.5) is 10.5 Å². The molecule has 2 amide bonds. The Morgan fingerprint density at radius 1 is 1.19 bits per heavy atom. The van der Waals surface area contributed by atoms with Gasteiger partial charge >= 0.3 is 6.03 Å². The van der Waals surface area contributed by atoms with Crippen LogP contribution in [0, 0.1) is 0 Å². The zero-order valence-electron chi connectivity index (χ0n) is 12.0. The first-order valence-corrected chi connectivity index (χ1v) is 7.54. The summed E-state index contributed by atoms with van der Waals surface area (Å²) in [6, 6.07) is 8.59. The molecule has 2 aliphatic rings. The van der Waals surface area contributed by atoms with Gasteiger partial charge in [0.15, 0.2) is 0 Å². The van der Waals surface area contributed by atoms with Gasteiger partial charge in [0.05, 0.1) is 0 Å². The molecule has 2 bridgehead atoms. The van der Waals surface area contributed by atoms with Crippen LogP contribution in [-0.4, -0.2) is 36.1 Å². The fourth-order valence-electron chi connectivity index (χ4n) is 3.42. The molecule has 0 radical (unpaired) electrons. The van der Waals surface area contributed by atoms with Crippen molar-refractivity contribution in [2.45, 2.75) is 43.8 Å². The highest BCUT2D eigenvalue weighted by atomic mass is 35.5. The molecule has 116 valence electrons. The van der Waals surface area contributed by atoms with Crippen LogP contribution in [0.5, 0.6) is 0 Å². The molecule has 2 fully saturated rings. The highest BCUT2D eigenvalue weighted by Gasteiger charge is 2.38. The van der Waals surface area contributed by atoms with Crippen molar-refractivity contribution in [3.8, 4) is 0 Å². The molecule has 4 nitrogen and oxygen atoms in total.